The summed E-state index contributed by atoms with van der Waals surface area (Å²) in [6, 6.07) is 22.5. The van der Waals surface area contributed by atoms with Crippen LogP contribution in [0.25, 0.3) is 28.2 Å². The van der Waals surface area contributed by atoms with Gasteiger partial charge in [0.2, 0.25) is 0 Å². The van der Waals surface area contributed by atoms with Crippen LogP contribution in [0.4, 0.5) is 0 Å². The predicted molar refractivity (Wildman–Crippen MR) is 120 cm³/mol. The third-order valence-electron chi connectivity index (χ3n) is 6.13. The van der Waals surface area contributed by atoms with Gasteiger partial charge in [0.15, 0.2) is 11.5 Å². The molecule has 2 aromatic heterocycles. The van der Waals surface area contributed by atoms with E-state index in [1.807, 2.05) is 30.5 Å². The Hall–Kier alpha value is -2.96. The van der Waals surface area contributed by atoms with Crippen LogP contribution in [-0.4, -0.2) is 32.9 Å². The number of nitrogens with zero attached hydrogens (tertiary/aromatic N) is 3. The molecule has 2 aromatic carbocycles. The van der Waals surface area contributed by atoms with Crippen LogP contribution in [0.15, 0.2) is 72.9 Å². The molecule has 0 atom stereocenters. The van der Waals surface area contributed by atoms with Gasteiger partial charge in [-0.3, -0.25) is 0 Å². The van der Waals surface area contributed by atoms with Crippen LogP contribution in [0.5, 0.6) is 0 Å². The maximum Gasteiger partial charge on any atom is 0.494 e. The molecular formula is C24H24BN3O2. The van der Waals surface area contributed by atoms with Crippen molar-refractivity contribution in [2.24, 2.45) is 0 Å². The second-order valence-corrected chi connectivity index (χ2v) is 8.73. The van der Waals surface area contributed by atoms with Crippen molar-refractivity contribution in [1.82, 2.24) is 14.6 Å². The largest absolute Gasteiger partial charge is 0.494 e. The molecule has 1 fully saturated rings. The number of fused-ring (bicyclic) bond motifs is 1. The van der Waals surface area contributed by atoms with Crippen molar-refractivity contribution < 1.29 is 9.31 Å². The molecule has 150 valence electrons. The summed E-state index contributed by atoms with van der Waals surface area (Å²) in [4.78, 5) is 4.60. The first-order valence-corrected chi connectivity index (χ1v) is 10.2. The van der Waals surface area contributed by atoms with Crippen molar-refractivity contribution in [3.8, 4) is 22.5 Å². The normalized spacial score (nSPS) is 17.5. The van der Waals surface area contributed by atoms with Gasteiger partial charge in [0.1, 0.15) is 0 Å². The van der Waals surface area contributed by atoms with Crippen LogP contribution in [0, 0.1) is 0 Å². The highest BCUT2D eigenvalue weighted by Crippen LogP contribution is 2.36. The van der Waals surface area contributed by atoms with E-state index in [-0.39, 0.29) is 18.3 Å². The van der Waals surface area contributed by atoms with Crippen LogP contribution in [0.1, 0.15) is 27.7 Å². The summed E-state index contributed by atoms with van der Waals surface area (Å²) in [6.07, 6.45) is 1.90. The van der Waals surface area contributed by atoms with Crippen molar-refractivity contribution in [1.29, 1.82) is 0 Å². The summed E-state index contributed by atoms with van der Waals surface area (Å²) in [6.45, 7) is 8.29. The second kappa shape index (κ2) is 6.79. The van der Waals surface area contributed by atoms with Gasteiger partial charge in [-0.1, -0.05) is 54.6 Å². The van der Waals surface area contributed by atoms with Crippen LogP contribution < -0.4 is 5.46 Å². The molecule has 6 heteroatoms. The van der Waals surface area contributed by atoms with Crippen molar-refractivity contribution in [2.75, 3.05) is 0 Å². The quantitative estimate of drug-likeness (QED) is 0.482. The molecule has 1 saturated heterocycles. The number of rotatable bonds is 3. The molecule has 0 unspecified atom stereocenters. The summed E-state index contributed by atoms with van der Waals surface area (Å²) in [7, 11) is -0.364. The van der Waals surface area contributed by atoms with E-state index in [1.165, 1.54) is 0 Å². The third kappa shape index (κ3) is 3.22. The van der Waals surface area contributed by atoms with Gasteiger partial charge in [-0.15, -0.1) is 5.10 Å². The SMILES string of the molecule is CC1(C)OB(c2cccc(-c3ccc(-c4nc5ccccn5n4)cc3)c2)OC1(C)C. The monoisotopic (exact) mass is 397 g/mol. The van der Waals surface area contributed by atoms with Gasteiger partial charge >= 0.3 is 7.12 Å². The van der Waals surface area contributed by atoms with Crippen LogP contribution in [-0.2, 0) is 9.31 Å². The molecule has 0 spiro atoms. The molecule has 30 heavy (non-hydrogen) atoms. The smallest absolute Gasteiger partial charge is 0.399 e. The zero-order valence-corrected chi connectivity index (χ0v) is 17.7. The number of pyridine rings is 1. The fourth-order valence-electron chi connectivity index (χ4n) is 3.61. The van der Waals surface area contributed by atoms with Gasteiger partial charge in [0, 0.05) is 11.8 Å². The minimum atomic E-state index is -0.364. The molecule has 0 amide bonds. The van der Waals surface area contributed by atoms with E-state index < -0.39 is 0 Å². The Morgan fingerprint density at radius 2 is 1.47 bits per heavy atom. The fourth-order valence-corrected chi connectivity index (χ4v) is 3.61. The van der Waals surface area contributed by atoms with Gasteiger partial charge in [-0.05, 0) is 56.4 Å². The van der Waals surface area contributed by atoms with Gasteiger partial charge in [0.25, 0.3) is 0 Å². The van der Waals surface area contributed by atoms with Crippen molar-refractivity contribution in [3.63, 3.8) is 0 Å². The van der Waals surface area contributed by atoms with E-state index in [4.69, 9.17) is 9.31 Å². The predicted octanol–water partition coefficient (Wildman–Crippen LogP) is 4.36. The first-order valence-electron chi connectivity index (χ1n) is 10.2. The van der Waals surface area contributed by atoms with Gasteiger partial charge in [-0.25, -0.2) is 9.50 Å². The van der Waals surface area contributed by atoms with Crippen LogP contribution in [0.2, 0.25) is 0 Å². The highest BCUT2D eigenvalue weighted by atomic mass is 16.7. The van der Waals surface area contributed by atoms with Crippen molar-refractivity contribution in [3.05, 3.63) is 72.9 Å². The number of hydrogen-bond donors (Lipinski definition) is 0. The van der Waals surface area contributed by atoms with E-state index >= 15 is 0 Å². The molecule has 0 saturated carbocycles. The first-order chi connectivity index (χ1) is 14.3. The number of benzene rings is 2. The molecule has 1 aliphatic rings. The van der Waals surface area contributed by atoms with Crippen molar-refractivity contribution >= 4 is 18.2 Å². The summed E-state index contributed by atoms with van der Waals surface area (Å²) in [5.41, 5.74) is 4.40. The average molecular weight is 397 g/mol. The lowest BCUT2D eigenvalue weighted by Gasteiger charge is -2.32. The summed E-state index contributed by atoms with van der Waals surface area (Å²) >= 11 is 0. The molecule has 0 bridgehead atoms. The highest BCUT2D eigenvalue weighted by molar-refractivity contribution is 6.62. The molecule has 0 aliphatic carbocycles. The maximum atomic E-state index is 6.21. The third-order valence-corrected chi connectivity index (χ3v) is 6.13. The molecule has 5 nitrogen and oxygen atoms in total. The summed E-state index contributed by atoms with van der Waals surface area (Å²) in [5.74, 6) is 0.721. The Morgan fingerprint density at radius 3 is 2.17 bits per heavy atom. The fraction of sp³-hybridized carbons (Fsp3) is 0.250. The number of aromatic nitrogens is 3. The molecule has 4 aromatic rings. The molecule has 3 heterocycles. The van der Waals surface area contributed by atoms with E-state index in [0.29, 0.717) is 0 Å². The van der Waals surface area contributed by atoms with E-state index in [9.17, 15) is 0 Å². The Morgan fingerprint density at radius 1 is 0.767 bits per heavy atom. The topological polar surface area (TPSA) is 48.7 Å². The van der Waals surface area contributed by atoms with E-state index in [0.717, 1.165) is 33.6 Å². The molecule has 0 N–H and O–H groups in total. The van der Waals surface area contributed by atoms with E-state index in [1.54, 1.807) is 4.52 Å². The Bertz CT molecular complexity index is 1170. The summed E-state index contributed by atoms with van der Waals surface area (Å²) in [5, 5.41) is 4.55. The standard InChI is InChI=1S/C24H24BN3O2/c1-23(2)24(3,4)30-25(29-23)20-9-7-8-19(16-20)17-11-13-18(14-12-17)22-26-21-10-5-6-15-28(21)27-22/h5-16H,1-4H3. The minimum Gasteiger partial charge on any atom is -0.399 e. The lowest BCUT2D eigenvalue weighted by Crippen LogP contribution is -2.41. The van der Waals surface area contributed by atoms with Gasteiger partial charge in [0.05, 0.1) is 11.2 Å². The Labute approximate surface area is 176 Å². The number of hydrogen-bond acceptors (Lipinski definition) is 4. The highest BCUT2D eigenvalue weighted by Gasteiger charge is 2.51. The van der Waals surface area contributed by atoms with Crippen LogP contribution in [0.3, 0.4) is 0 Å². The maximum absolute atomic E-state index is 6.21. The lowest BCUT2D eigenvalue weighted by atomic mass is 9.78. The Kier molecular flexibility index (Phi) is 4.31. The average Bonchev–Trinajstić information content (AvgIpc) is 3.26. The van der Waals surface area contributed by atoms with Gasteiger partial charge < -0.3 is 9.31 Å². The molecular weight excluding hydrogens is 373 g/mol. The van der Waals surface area contributed by atoms with Crippen molar-refractivity contribution in [2.45, 2.75) is 38.9 Å². The summed E-state index contributed by atoms with van der Waals surface area (Å²) < 4.78 is 14.2. The van der Waals surface area contributed by atoms with E-state index in [2.05, 4.69) is 80.2 Å². The minimum absolute atomic E-state index is 0.351. The zero-order valence-electron chi connectivity index (χ0n) is 17.7. The molecule has 1 aliphatic heterocycles. The zero-order chi connectivity index (χ0) is 20.9. The molecule has 5 rings (SSSR count). The second-order valence-electron chi connectivity index (χ2n) is 8.73. The Balaban J connectivity index is 1.42. The first kappa shape index (κ1) is 19.0. The lowest BCUT2D eigenvalue weighted by molar-refractivity contribution is 0.00578. The van der Waals surface area contributed by atoms with Crippen LogP contribution >= 0.6 is 0 Å². The van der Waals surface area contributed by atoms with Gasteiger partial charge in [-0.2, -0.15) is 0 Å². The molecule has 0 radical (unpaired) electrons.